The van der Waals surface area contributed by atoms with E-state index in [1.165, 1.54) is 18.2 Å². The van der Waals surface area contributed by atoms with Crippen molar-refractivity contribution in [1.82, 2.24) is 0 Å². The third-order valence-corrected chi connectivity index (χ3v) is 2.81. The van der Waals surface area contributed by atoms with Crippen molar-refractivity contribution in [2.45, 2.75) is 6.61 Å². The lowest BCUT2D eigenvalue weighted by Gasteiger charge is -2.12. The number of nitrogens with one attached hydrogen (secondary N) is 1. The molecule has 7 heteroatoms. The summed E-state index contributed by atoms with van der Waals surface area (Å²) in [7, 11) is 0. The van der Waals surface area contributed by atoms with Gasteiger partial charge in [-0.2, -0.15) is 8.78 Å². The summed E-state index contributed by atoms with van der Waals surface area (Å²) in [4.78, 5) is 11.8. The Labute approximate surface area is 130 Å². The number of hydrogen-bond donors (Lipinski definition) is 1. The zero-order chi connectivity index (χ0) is 15.9. The lowest BCUT2D eigenvalue weighted by atomic mass is 10.3. The van der Waals surface area contributed by atoms with Crippen molar-refractivity contribution in [3.05, 3.63) is 53.6 Å². The first-order valence-electron chi connectivity index (χ1n) is 6.26. The van der Waals surface area contributed by atoms with Gasteiger partial charge >= 0.3 is 6.61 Å². The summed E-state index contributed by atoms with van der Waals surface area (Å²) in [6.07, 6.45) is 0. The molecule has 0 saturated heterocycles. The maximum atomic E-state index is 12.3. The highest BCUT2D eigenvalue weighted by Gasteiger charge is 2.11. The number of carbonyl (C=O) groups is 1. The second-order valence-electron chi connectivity index (χ2n) is 4.17. The molecule has 0 aromatic heterocycles. The highest BCUT2D eigenvalue weighted by molar-refractivity contribution is 6.30. The van der Waals surface area contributed by atoms with E-state index in [0.29, 0.717) is 10.8 Å². The topological polar surface area (TPSA) is 47.6 Å². The molecule has 1 amide bonds. The molecule has 0 aliphatic rings. The van der Waals surface area contributed by atoms with Crippen molar-refractivity contribution < 1.29 is 23.0 Å². The lowest BCUT2D eigenvalue weighted by molar-refractivity contribution is -0.118. The van der Waals surface area contributed by atoms with E-state index in [-0.39, 0.29) is 18.0 Å². The molecule has 116 valence electrons. The molecule has 22 heavy (non-hydrogen) atoms. The van der Waals surface area contributed by atoms with E-state index >= 15 is 0 Å². The minimum absolute atomic E-state index is 0.114. The fraction of sp³-hybridized carbons (Fsp3) is 0.133. The minimum atomic E-state index is -2.97. The molecule has 0 bridgehead atoms. The van der Waals surface area contributed by atoms with Gasteiger partial charge in [0.15, 0.2) is 6.61 Å². The van der Waals surface area contributed by atoms with Crippen LogP contribution in [0.1, 0.15) is 0 Å². The Hall–Kier alpha value is -2.34. The number of anilines is 1. The Morgan fingerprint density at radius 2 is 1.82 bits per heavy atom. The Bertz CT molecular complexity index is 635. The van der Waals surface area contributed by atoms with E-state index in [2.05, 4.69) is 10.1 Å². The van der Waals surface area contributed by atoms with Crippen LogP contribution in [-0.2, 0) is 4.79 Å². The predicted octanol–water partition coefficient (Wildman–Crippen LogP) is 3.96. The molecule has 4 nitrogen and oxygen atoms in total. The molecular formula is C15H12ClF2NO3. The molecule has 2 rings (SSSR count). The predicted molar refractivity (Wildman–Crippen MR) is 78.7 cm³/mol. The van der Waals surface area contributed by atoms with Gasteiger partial charge < -0.3 is 14.8 Å². The monoisotopic (exact) mass is 327 g/mol. The number of carbonyl (C=O) groups excluding carboxylic acids is 1. The van der Waals surface area contributed by atoms with E-state index < -0.39 is 12.5 Å². The third-order valence-electron chi connectivity index (χ3n) is 2.56. The Balaban J connectivity index is 1.93. The molecular weight excluding hydrogens is 316 g/mol. The highest BCUT2D eigenvalue weighted by Crippen LogP contribution is 2.25. The first-order valence-corrected chi connectivity index (χ1v) is 6.64. The van der Waals surface area contributed by atoms with Crippen LogP contribution in [0, 0.1) is 0 Å². The first-order chi connectivity index (χ1) is 10.5. The van der Waals surface area contributed by atoms with Gasteiger partial charge in [0.1, 0.15) is 11.5 Å². The quantitative estimate of drug-likeness (QED) is 0.873. The largest absolute Gasteiger partial charge is 0.484 e. The molecule has 2 aromatic rings. The van der Waals surface area contributed by atoms with Crippen LogP contribution < -0.4 is 14.8 Å². The zero-order valence-corrected chi connectivity index (χ0v) is 12.0. The van der Waals surface area contributed by atoms with Gasteiger partial charge in [-0.25, -0.2) is 0 Å². The maximum absolute atomic E-state index is 12.3. The van der Waals surface area contributed by atoms with E-state index in [1.807, 2.05) is 0 Å². The summed E-state index contributed by atoms with van der Waals surface area (Å²) < 4.78 is 34.1. The SMILES string of the molecule is O=C(COc1ccc(Cl)cc1)Nc1ccccc1OC(F)F. The van der Waals surface area contributed by atoms with Gasteiger partial charge in [0.25, 0.3) is 5.91 Å². The van der Waals surface area contributed by atoms with Crippen LogP contribution in [0.25, 0.3) is 0 Å². The van der Waals surface area contributed by atoms with Crippen molar-refractivity contribution in [1.29, 1.82) is 0 Å². The lowest BCUT2D eigenvalue weighted by Crippen LogP contribution is -2.20. The number of rotatable bonds is 6. The average Bonchev–Trinajstić information content (AvgIpc) is 2.48. The molecule has 0 aliphatic heterocycles. The summed E-state index contributed by atoms with van der Waals surface area (Å²) >= 11 is 5.73. The Morgan fingerprint density at radius 1 is 1.14 bits per heavy atom. The summed E-state index contributed by atoms with van der Waals surface area (Å²) in [6, 6.07) is 12.4. The fourth-order valence-electron chi connectivity index (χ4n) is 1.63. The number of halogens is 3. The normalized spacial score (nSPS) is 10.4. The van der Waals surface area contributed by atoms with Gasteiger partial charge in [0.2, 0.25) is 0 Å². The summed E-state index contributed by atoms with van der Waals surface area (Å²) in [5.74, 6) is -0.144. The second-order valence-corrected chi connectivity index (χ2v) is 4.60. The maximum Gasteiger partial charge on any atom is 0.387 e. The van der Waals surface area contributed by atoms with Gasteiger partial charge in [-0.05, 0) is 36.4 Å². The molecule has 0 radical (unpaired) electrons. The van der Waals surface area contributed by atoms with Crippen molar-refractivity contribution in [3.63, 3.8) is 0 Å². The number of benzene rings is 2. The summed E-state index contributed by atoms with van der Waals surface area (Å²) in [5.41, 5.74) is 0.146. The van der Waals surface area contributed by atoms with E-state index in [9.17, 15) is 13.6 Å². The highest BCUT2D eigenvalue weighted by atomic mass is 35.5. The van der Waals surface area contributed by atoms with Gasteiger partial charge in [0.05, 0.1) is 5.69 Å². The number of para-hydroxylation sites is 2. The number of amides is 1. The first kappa shape index (κ1) is 16.0. The van der Waals surface area contributed by atoms with Crippen molar-refractivity contribution in [2.75, 3.05) is 11.9 Å². The molecule has 0 atom stereocenters. The van der Waals surface area contributed by atoms with Crippen LogP contribution in [0.2, 0.25) is 5.02 Å². The van der Waals surface area contributed by atoms with Crippen molar-refractivity contribution in [3.8, 4) is 11.5 Å². The minimum Gasteiger partial charge on any atom is -0.484 e. The van der Waals surface area contributed by atoms with E-state index in [4.69, 9.17) is 16.3 Å². The average molecular weight is 328 g/mol. The zero-order valence-electron chi connectivity index (χ0n) is 11.3. The van der Waals surface area contributed by atoms with Crippen LogP contribution in [0.5, 0.6) is 11.5 Å². The Kier molecular flexibility index (Phi) is 5.55. The molecule has 0 heterocycles. The Morgan fingerprint density at radius 3 is 2.50 bits per heavy atom. The second kappa shape index (κ2) is 7.61. The van der Waals surface area contributed by atoms with Crippen LogP contribution in [0.3, 0.4) is 0 Å². The molecule has 0 spiro atoms. The van der Waals surface area contributed by atoms with Crippen LogP contribution in [0.15, 0.2) is 48.5 Å². The van der Waals surface area contributed by atoms with Gasteiger partial charge in [0, 0.05) is 5.02 Å². The molecule has 0 fully saturated rings. The van der Waals surface area contributed by atoms with Crippen LogP contribution in [-0.4, -0.2) is 19.1 Å². The third kappa shape index (κ3) is 4.89. The molecule has 2 aromatic carbocycles. The van der Waals surface area contributed by atoms with Crippen molar-refractivity contribution in [2.24, 2.45) is 0 Å². The van der Waals surface area contributed by atoms with Crippen LogP contribution in [0.4, 0.5) is 14.5 Å². The van der Waals surface area contributed by atoms with E-state index in [1.54, 1.807) is 30.3 Å². The fourth-order valence-corrected chi connectivity index (χ4v) is 1.76. The number of alkyl halides is 2. The van der Waals surface area contributed by atoms with Crippen molar-refractivity contribution >= 4 is 23.2 Å². The standard InChI is InChI=1S/C15H12ClF2NO3/c16-10-5-7-11(8-6-10)21-9-14(20)19-12-3-1-2-4-13(12)22-15(17)18/h1-8,15H,9H2,(H,19,20). The van der Waals surface area contributed by atoms with E-state index in [0.717, 1.165) is 0 Å². The van der Waals surface area contributed by atoms with Crippen LogP contribution >= 0.6 is 11.6 Å². The van der Waals surface area contributed by atoms with Gasteiger partial charge in [-0.3, -0.25) is 4.79 Å². The molecule has 0 saturated carbocycles. The van der Waals surface area contributed by atoms with Gasteiger partial charge in [-0.1, -0.05) is 23.7 Å². The molecule has 1 N–H and O–H groups in total. The van der Waals surface area contributed by atoms with Gasteiger partial charge in [-0.15, -0.1) is 0 Å². The summed E-state index contributed by atoms with van der Waals surface area (Å²) in [6.45, 7) is -3.24. The molecule has 0 aliphatic carbocycles. The smallest absolute Gasteiger partial charge is 0.387 e. The molecule has 0 unspecified atom stereocenters. The number of hydrogen-bond acceptors (Lipinski definition) is 3. The number of ether oxygens (including phenoxy) is 2. The summed E-state index contributed by atoms with van der Waals surface area (Å²) in [5, 5.41) is 3.00.